The van der Waals surface area contributed by atoms with Gasteiger partial charge in [-0.05, 0) is 31.2 Å². The van der Waals surface area contributed by atoms with Gasteiger partial charge in [0, 0.05) is 12.1 Å². The fraction of sp³-hybridized carbons (Fsp3) is 0.500. The molecule has 0 radical (unpaired) electrons. The Morgan fingerprint density at radius 1 is 1.47 bits per heavy atom. The number of nitrogens with one attached hydrogen (secondary N) is 2. The Kier molecular flexibility index (Phi) is 2.86. The van der Waals surface area contributed by atoms with Gasteiger partial charge in [-0.15, -0.1) is 0 Å². The van der Waals surface area contributed by atoms with Gasteiger partial charge in [-0.1, -0.05) is 18.5 Å². The Bertz CT molecular complexity index is 540. The van der Waals surface area contributed by atoms with E-state index in [1.54, 1.807) is 6.07 Å². The Morgan fingerprint density at radius 2 is 2.21 bits per heavy atom. The lowest BCUT2D eigenvalue weighted by atomic mass is 10.0. The number of anilines is 2. The summed E-state index contributed by atoms with van der Waals surface area (Å²) in [6.45, 7) is 4.50. The minimum Gasteiger partial charge on any atom is -0.482 e. The first-order chi connectivity index (χ1) is 8.98. The molecule has 1 aliphatic carbocycles. The molecule has 0 bridgehead atoms. The van der Waals surface area contributed by atoms with E-state index in [9.17, 15) is 4.79 Å². The normalized spacial score (nSPS) is 20.9. The summed E-state index contributed by atoms with van der Waals surface area (Å²) in [6, 6.07) is 3.96. The molecule has 1 heterocycles. The summed E-state index contributed by atoms with van der Waals surface area (Å²) in [5.74, 6) is 0.516. The fourth-order valence-electron chi connectivity index (χ4n) is 2.25. The van der Waals surface area contributed by atoms with Gasteiger partial charge in [-0.2, -0.15) is 0 Å². The number of hydrogen-bond acceptors (Lipinski definition) is 3. The number of benzene rings is 1. The number of halogens is 1. The van der Waals surface area contributed by atoms with E-state index in [4.69, 9.17) is 16.3 Å². The van der Waals surface area contributed by atoms with Gasteiger partial charge in [-0.25, -0.2) is 0 Å². The molecule has 1 aromatic carbocycles. The van der Waals surface area contributed by atoms with Crippen molar-refractivity contribution in [3.8, 4) is 5.75 Å². The third kappa shape index (κ3) is 2.37. The molecule has 0 spiro atoms. The smallest absolute Gasteiger partial charge is 0.262 e. The summed E-state index contributed by atoms with van der Waals surface area (Å²) >= 11 is 6.25. The molecule has 1 saturated carbocycles. The molecule has 0 aromatic heterocycles. The van der Waals surface area contributed by atoms with Gasteiger partial charge in [0.05, 0.1) is 16.4 Å². The number of ether oxygens (including phenoxy) is 1. The fourth-order valence-corrected chi connectivity index (χ4v) is 2.47. The number of hydrogen-bond donors (Lipinski definition) is 2. The molecule has 2 N–H and O–H groups in total. The predicted molar refractivity (Wildman–Crippen MR) is 76.0 cm³/mol. The van der Waals surface area contributed by atoms with Crippen molar-refractivity contribution in [1.29, 1.82) is 0 Å². The van der Waals surface area contributed by atoms with Crippen molar-refractivity contribution in [2.24, 2.45) is 5.41 Å². The molecule has 102 valence electrons. The van der Waals surface area contributed by atoms with E-state index in [0.29, 0.717) is 27.9 Å². The Hall–Kier alpha value is -1.42. The topological polar surface area (TPSA) is 50.4 Å². The predicted octanol–water partition coefficient (Wildman–Crippen LogP) is 3.27. The number of carbonyl (C=O) groups excluding carboxylic acids is 1. The molecule has 1 atom stereocenters. The SMILES string of the molecule is CC(Nc1cc2c(cc1Cl)NC(=O)CO2)C1(C)CC1. The monoisotopic (exact) mass is 280 g/mol. The van der Waals surface area contributed by atoms with E-state index in [-0.39, 0.29) is 12.5 Å². The van der Waals surface area contributed by atoms with Crippen LogP contribution in [0.1, 0.15) is 26.7 Å². The van der Waals surface area contributed by atoms with Crippen LogP contribution in [0.15, 0.2) is 12.1 Å². The summed E-state index contributed by atoms with van der Waals surface area (Å²) in [4.78, 5) is 11.2. The zero-order valence-electron chi connectivity index (χ0n) is 11.0. The van der Waals surface area contributed by atoms with E-state index in [0.717, 1.165) is 5.69 Å². The van der Waals surface area contributed by atoms with Gasteiger partial charge in [0.2, 0.25) is 0 Å². The second-order valence-electron chi connectivity index (χ2n) is 5.69. The molecule has 19 heavy (non-hydrogen) atoms. The summed E-state index contributed by atoms with van der Waals surface area (Å²) in [7, 11) is 0. The molecule has 1 amide bonds. The van der Waals surface area contributed by atoms with Crippen LogP contribution in [0.3, 0.4) is 0 Å². The average Bonchev–Trinajstić information content (AvgIpc) is 3.10. The van der Waals surface area contributed by atoms with Crippen molar-refractivity contribution in [2.45, 2.75) is 32.7 Å². The Balaban J connectivity index is 1.84. The lowest BCUT2D eigenvalue weighted by molar-refractivity contribution is -0.118. The number of carbonyl (C=O) groups is 1. The lowest BCUT2D eigenvalue weighted by Gasteiger charge is -2.24. The van der Waals surface area contributed by atoms with Crippen molar-refractivity contribution < 1.29 is 9.53 Å². The van der Waals surface area contributed by atoms with Gasteiger partial charge < -0.3 is 15.4 Å². The largest absolute Gasteiger partial charge is 0.482 e. The van der Waals surface area contributed by atoms with Crippen molar-refractivity contribution in [3.63, 3.8) is 0 Å². The first-order valence-electron chi connectivity index (χ1n) is 6.51. The zero-order chi connectivity index (χ0) is 13.6. The van der Waals surface area contributed by atoms with Gasteiger partial charge in [0.1, 0.15) is 5.75 Å². The van der Waals surface area contributed by atoms with Gasteiger partial charge >= 0.3 is 0 Å². The molecule has 1 fully saturated rings. The van der Waals surface area contributed by atoms with Crippen LogP contribution in [-0.2, 0) is 4.79 Å². The maximum Gasteiger partial charge on any atom is 0.262 e. The highest BCUT2D eigenvalue weighted by Crippen LogP contribution is 2.49. The van der Waals surface area contributed by atoms with E-state index < -0.39 is 0 Å². The first-order valence-corrected chi connectivity index (χ1v) is 6.88. The molecule has 1 aliphatic heterocycles. The molecule has 3 rings (SSSR count). The van der Waals surface area contributed by atoms with Crippen LogP contribution in [0, 0.1) is 5.41 Å². The van der Waals surface area contributed by atoms with Crippen molar-refractivity contribution in [3.05, 3.63) is 17.2 Å². The third-order valence-corrected chi connectivity index (χ3v) is 4.47. The molecule has 0 saturated heterocycles. The van der Waals surface area contributed by atoms with Crippen LogP contribution in [0.2, 0.25) is 5.02 Å². The van der Waals surface area contributed by atoms with Crippen LogP contribution in [0.4, 0.5) is 11.4 Å². The van der Waals surface area contributed by atoms with Crippen LogP contribution in [0.5, 0.6) is 5.75 Å². The minimum atomic E-state index is -0.150. The highest BCUT2D eigenvalue weighted by atomic mass is 35.5. The van der Waals surface area contributed by atoms with Crippen LogP contribution in [0.25, 0.3) is 0 Å². The standard InChI is InChI=1S/C14H17ClN2O2/c1-8(14(2)3-4-14)16-10-6-12-11(5-9(10)15)17-13(18)7-19-12/h5-6,8,16H,3-4,7H2,1-2H3,(H,17,18). The van der Waals surface area contributed by atoms with Gasteiger partial charge in [-0.3, -0.25) is 4.79 Å². The molecule has 4 nitrogen and oxygen atoms in total. The molecular formula is C14H17ClN2O2. The maximum absolute atomic E-state index is 11.2. The van der Waals surface area contributed by atoms with Gasteiger partial charge in [0.15, 0.2) is 6.61 Å². The summed E-state index contributed by atoms with van der Waals surface area (Å²) < 4.78 is 5.40. The van der Waals surface area contributed by atoms with Crippen molar-refractivity contribution >= 4 is 28.9 Å². The number of fused-ring (bicyclic) bond motifs is 1. The zero-order valence-corrected chi connectivity index (χ0v) is 11.8. The van der Waals surface area contributed by atoms with E-state index in [2.05, 4.69) is 24.5 Å². The molecule has 2 aliphatic rings. The first kappa shape index (κ1) is 12.6. The minimum absolute atomic E-state index is 0.0569. The highest BCUT2D eigenvalue weighted by molar-refractivity contribution is 6.33. The average molecular weight is 281 g/mol. The summed E-state index contributed by atoms with van der Waals surface area (Å²) in [5, 5.41) is 6.79. The quantitative estimate of drug-likeness (QED) is 0.893. The molecule has 5 heteroatoms. The van der Waals surface area contributed by atoms with Crippen LogP contribution >= 0.6 is 11.6 Å². The van der Waals surface area contributed by atoms with E-state index >= 15 is 0 Å². The second-order valence-corrected chi connectivity index (χ2v) is 6.09. The van der Waals surface area contributed by atoms with E-state index in [1.807, 2.05) is 6.07 Å². The lowest BCUT2D eigenvalue weighted by Crippen LogP contribution is -2.27. The molecule has 1 unspecified atom stereocenters. The van der Waals surface area contributed by atoms with E-state index in [1.165, 1.54) is 12.8 Å². The number of rotatable bonds is 3. The van der Waals surface area contributed by atoms with Gasteiger partial charge in [0.25, 0.3) is 5.91 Å². The Labute approximate surface area is 117 Å². The van der Waals surface area contributed by atoms with Crippen molar-refractivity contribution in [2.75, 3.05) is 17.2 Å². The summed E-state index contributed by atoms with van der Waals surface area (Å²) in [5.41, 5.74) is 1.86. The molecular weight excluding hydrogens is 264 g/mol. The maximum atomic E-state index is 11.2. The third-order valence-electron chi connectivity index (χ3n) is 4.16. The Morgan fingerprint density at radius 3 is 2.89 bits per heavy atom. The van der Waals surface area contributed by atoms with Crippen molar-refractivity contribution in [1.82, 2.24) is 0 Å². The molecule has 1 aromatic rings. The van der Waals surface area contributed by atoms with Crippen LogP contribution < -0.4 is 15.4 Å². The highest BCUT2D eigenvalue weighted by Gasteiger charge is 2.42. The number of amides is 1. The second kappa shape index (κ2) is 4.30. The summed E-state index contributed by atoms with van der Waals surface area (Å²) in [6.07, 6.45) is 2.49. The van der Waals surface area contributed by atoms with Crippen LogP contribution in [-0.4, -0.2) is 18.6 Å².